The van der Waals surface area contributed by atoms with Crippen molar-refractivity contribution >= 4 is 11.8 Å². The summed E-state index contributed by atoms with van der Waals surface area (Å²) in [6, 6.07) is 2.19. The number of hydrogen-bond acceptors (Lipinski definition) is 4. The molecule has 2 aliphatic carbocycles. The number of hydrogen-bond donors (Lipinski definition) is 0. The molecule has 4 heteroatoms. The average Bonchev–Trinajstić information content (AvgIpc) is 2.75. The van der Waals surface area contributed by atoms with Gasteiger partial charge < -0.3 is 4.74 Å². The molecule has 2 saturated carbocycles. The second-order valence-corrected chi connectivity index (χ2v) is 6.89. The van der Waals surface area contributed by atoms with E-state index in [1.165, 1.54) is 7.11 Å². The average molecular weight is 303 g/mol. The molecule has 4 nitrogen and oxygen atoms in total. The molecule has 4 atom stereocenters. The number of fused-ring (bicyclic) bond motifs is 1. The van der Waals surface area contributed by atoms with Crippen LogP contribution in [-0.4, -0.2) is 18.9 Å². The lowest BCUT2D eigenvalue weighted by atomic mass is 9.58. The van der Waals surface area contributed by atoms with E-state index in [-0.39, 0.29) is 23.6 Å². The molecule has 0 aliphatic heterocycles. The largest absolute Gasteiger partial charge is 0.469 e. The summed E-state index contributed by atoms with van der Waals surface area (Å²) in [5, 5.41) is 9.00. The quantitative estimate of drug-likeness (QED) is 0.576. The molecule has 0 aromatic carbocycles. The number of ether oxygens (including phenoxy) is 1. The van der Waals surface area contributed by atoms with Gasteiger partial charge in [-0.25, -0.2) is 0 Å². The van der Waals surface area contributed by atoms with Crippen LogP contribution in [0.1, 0.15) is 51.9 Å². The summed E-state index contributed by atoms with van der Waals surface area (Å²) >= 11 is 0. The van der Waals surface area contributed by atoms with Gasteiger partial charge in [0.25, 0.3) is 0 Å². The normalized spacial score (nSPS) is 34.1. The molecule has 0 radical (unpaired) electrons. The van der Waals surface area contributed by atoms with Crippen LogP contribution in [0.2, 0.25) is 0 Å². The Morgan fingerprint density at radius 2 is 2.23 bits per heavy atom. The van der Waals surface area contributed by atoms with Gasteiger partial charge >= 0.3 is 5.97 Å². The second kappa shape index (κ2) is 6.64. The van der Waals surface area contributed by atoms with E-state index in [2.05, 4.69) is 19.6 Å². The number of methoxy groups -OCH3 is 1. The molecule has 120 valence electrons. The van der Waals surface area contributed by atoms with Gasteiger partial charge in [-0.05, 0) is 43.4 Å². The Morgan fingerprint density at radius 3 is 2.86 bits per heavy atom. The molecule has 0 bridgehead atoms. The third kappa shape index (κ3) is 2.82. The highest BCUT2D eigenvalue weighted by Crippen LogP contribution is 2.60. The number of carbonyl (C=O) groups excluding carboxylic acids is 2. The number of rotatable bonds is 5. The molecule has 0 spiro atoms. The molecular formula is C18H25NO3. The molecule has 0 aromatic rings. The minimum absolute atomic E-state index is 0.0185. The van der Waals surface area contributed by atoms with Gasteiger partial charge in [0.15, 0.2) is 0 Å². The zero-order chi connectivity index (χ0) is 16.3. The van der Waals surface area contributed by atoms with Crippen LogP contribution in [0.4, 0.5) is 0 Å². The fourth-order valence-electron chi connectivity index (χ4n) is 4.69. The lowest BCUT2D eigenvalue weighted by Gasteiger charge is -2.43. The van der Waals surface area contributed by atoms with Crippen molar-refractivity contribution in [3.05, 3.63) is 12.2 Å². The van der Waals surface area contributed by atoms with E-state index in [1.54, 1.807) is 0 Å². The lowest BCUT2D eigenvalue weighted by molar-refractivity contribution is -0.143. The summed E-state index contributed by atoms with van der Waals surface area (Å²) < 4.78 is 4.73. The van der Waals surface area contributed by atoms with Crippen LogP contribution in [0.3, 0.4) is 0 Å². The Bertz CT molecular complexity index is 519. The summed E-state index contributed by atoms with van der Waals surface area (Å²) in [6.45, 7) is 6.31. The van der Waals surface area contributed by atoms with Crippen molar-refractivity contribution in [2.24, 2.45) is 23.2 Å². The Hall–Kier alpha value is -1.63. The standard InChI is InChI=1S/C18H25NO3/c1-12-9-14-11-13(2)15(5-6-17(21)22-3)18(14,7-4-8-19)16(20)10-12/h12,14-15H,2,4-7,9-11H2,1,3H3/t12-,14+,15+,18+/m1/s1. The smallest absolute Gasteiger partial charge is 0.305 e. The third-order valence-corrected chi connectivity index (χ3v) is 5.61. The first-order valence-corrected chi connectivity index (χ1v) is 8.10. The van der Waals surface area contributed by atoms with Crippen LogP contribution < -0.4 is 0 Å². The van der Waals surface area contributed by atoms with E-state index in [4.69, 9.17) is 10.00 Å². The van der Waals surface area contributed by atoms with Crippen LogP contribution in [-0.2, 0) is 14.3 Å². The van der Waals surface area contributed by atoms with Crippen molar-refractivity contribution < 1.29 is 14.3 Å². The number of Topliss-reactive ketones (excluding diaryl/α,β-unsaturated/α-hetero) is 1. The molecule has 2 aliphatic rings. The Balaban J connectivity index is 2.29. The molecular weight excluding hydrogens is 278 g/mol. The van der Waals surface area contributed by atoms with E-state index in [0.29, 0.717) is 38.0 Å². The van der Waals surface area contributed by atoms with Gasteiger partial charge in [0.05, 0.1) is 13.2 Å². The van der Waals surface area contributed by atoms with Crippen molar-refractivity contribution in [2.75, 3.05) is 7.11 Å². The molecule has 0 N–H and O–H groups in total. The van der Waals surface area contributed by atoms with E-state index < -0.39 is 5.41 Å². The molecule has 0 heterocycles. The van der Waals surface area contributed by atoms with Crippen LogP contribution >= 0.6 is 0 Å². The fraction of sp³-hybridized carbons (Fsp3) is 0.722. The monoisotopic (exact) mass is 303 g/mol. The van der Waals surface area contributed by atoms with Crippen molar-refractivity contribution in [2.45, 2.75) is 51.9 Å². The van der Waals surface area contributed by atoms with Crippen molar-refractivity contribution in [1.82, 2.24) is 0 Å². The van der Waals surface area contributed by atoms with Crippen molar-refractivity contribution in [3.63, 3.8) is 0 Å². The van der Waals surface area contributed by atoms with Crippen molar-refractivity contribution in [1.29, 1.82) is 5.26 Å². The maximum Gasteiger partial charge on any atom is 0.305 e. The predicted octanol–water partition coefficient (Wildman–Crippen LogP) is 3.42. The van der Waals surface area contributed by atoms with Crippen LogP contribution in [0.15, 0.2) is 12.2 Å². The molecule has 0 amide bonds. The topological polar surface area (TPSA) is 67.2 Å². The molecule has 0 saturated heterocycles. The number of carbonyl (C=O) groups is 2. The number of allylic oxidation sites excluding steroid dienone is 1. The first-order valence-electron chi connectivity index (χ1n) is 8.10. The first-order chi connectivity index (χ1) is 10.5. The van der Waals surface area contributed by atoms with Gasteiger partial charge in [-0.3, -0.25) is 9.59 Å². The van der Waals surface area contributed by atoms with Crippen LogP contribution in [0.5, 0.6) is 0 Å². The van der Waals surface area contributed by atoms with Gasteiger partial charge in [0.1, 0.15) is 5.78 Å². The fourth-order valence-corrected chi connectivity index (χ4v) is 4.69. The molecule has 22 heavy (non-hydrogen) atoms. The second-order valence-electron chi connectivity index (χ2n) is 6.89. The lowest BCUT2D eigenvalue weighted by Crippen LogP contribution is -2.45. The van der Waals surface area contributed by atoms with E-state index in [9.17, 15) is 9.59 Å². The zero-order valence-corrected chi connectivity index (χ0v) is 13.6. The van der Waals surface area contributed by atoms with Gasteiger partial charge in [-0.15, -0.1) is 0 Å². The molecule has 0 aromatic heterocycles. The Labute approximate surface area is 132 Å². The van der Waals surface area contributed by atoms with Gasteiger partial charge in [0, 0.05) is 24.7 Å². The Morgan fingerprint density at radius 1 is 1.50 bits per heavy atom. The van der Waals surface area contributed by atoms with Crippen LogP contribution in [0, 0.1) is 34.5 Å². The summed E-state index contributed by atoms with van der Waals surface area (Å²) in [6.07, 6.45) is 4.36. The summed E-state index contributed by atoms with van der Waals surface area (Å²) in [7, 11) is 1.38. The number of nitriles is 1. The molecule has 2 rings (SSSR count). The van der Waals surface area contributed by atoms with Gasteiger partial charge in [-0.1, -0.05) is 19.1 Å². The highest BCUT2D eigenvalue weighted by Gasteiger charge is 2.57. The molecule has 2 fully saturated rings. The van der Waals surface area contributed by atoms with E-state index in [0.717, 1.165) is 18.4 Å². The van der Waals surface area contributed by atoms with E-state index >= 15 is 0 Å². The third-order valence-electron chi connectivity index (χ3n) is 5.61. The Kier molecular flexibility index (Phi) is 5.05. The maximum atomic E-state index is 12.9. The number of nitrogens with zero attached hydrogens (tertiary/aromatic N) is 1. The van der Waals surface area contributed by atoms with Crippen LogP contribution in [0.25, 0.3) is 0 Å². The number of esters is 1. The summed E-state index contributed by atoms with van der Waals surface area (Å²) in [5.74, 6) is 0.736. The number of ketones is 1. The SMILES string of the molecule is C=C1C[C@@H]2C[C@@H](C)CC(=O)[C@]2(CCC#N)[C@H]1CCC(=O)OC. The minimum atomic E-state index is -0.465. The highest BCUT2D eigenvalue weighted by atomic mass is 16.5. The van der Waals surface area contributed by atoms with Gasteiger partial charge in [-0.2, -0.15) is 5.26 Å². The first kappa shape index (κ1) is 16.7. The predicted molar refractivity (Wildman–Crippen MR) is 82.7 cm³/mol. The zero-order valence-electron chi connectivity index (χ0n) is 13.6. The highest BCUT2D eigenvalue weighted by molar-refractivity contribution is 5.88. The minimum Gasteiger partial charge on any atom is -0.469 e. The molecule has 0 unspecified atom stereocenters. The van der Waals surface area contributed by atoms with E-state index in [1.807, 2.05) is 0 Å². The maximum absolute atomic E-state index is 12.9. The summed E-state index contributed by atoms with van der Waals surface area (Å²) in [5.41, 5.74) is 0.613. The van der Waals surface area contributed by atoms with Gasteiger partial charge in [0.2, 0.25) is 0 Å². The van der Waals surface area contributed by atoms with Crippen molar-refractivity contribution in [3.8, 4) is 6.07 Å². The summed E-state index contributed by atoms with van der Waals surface area (Å²) in [4.78, 5) is 24.4.